The molecule has 23 heavy (non-hydrogen) atoms. The molecule has 0 aliphatic carbocycles. The Labute approximate surface area is 141 Å². The number of nitrogens with one attached hydrogen (secondary N) is 1. The van der Waals surface area contributed by atoms with E-state index in [-0.39, 0.29) is 15.5 Å². The minimum atomic E-state index is -3.80. The maximum absolute atomic E-state index is 12.3. The maximum Gasteiger partial charge on any atom is 0.271 e. The molecule has 1 heterocycles. The molecule has 0 radical (unpaired) electrons. The van der Waals surface area contributed by atoms with Crippen LogP contribution in [-0.2, 0) is 14.8 Å². The van der Waals surface area contributed by atoms with Gasteiger partial charge in [-0.15, -0.1) is 23.1 Å². The Morgan fingerprint density at radius 3 is 2.65 bits per heavy atom. The van der Waals surface area contributed by atoms with Crippen molar-refractivity contribution in [3.8, 4) is 11.5 Å². The van der Waals surface area contributed by atoms with Crippen molar-refractivity contribution < 1.29 is 23.4 Å². The van der Waals surface area contributed by atoms with Gasteiger partial charge < -0.3 is 10.2 Å². The van der Waals surface area contributed by atoms with E-state index in [1.807, 2.05) is 0 Å². The Morgan fingerprint density at radius 2 is 2.09 bits per heavy atom. The third-order valence-electron chi connectivity index (χ3n) is 2.82. The fourth-order valence-electron chi connectivity index (χ4n) is 1.86. The van der Waals surface area contributed by atoms with Crippen molar-refractivity contribution in [2.75, 3.05) is 11.0 Å². The number of thioether (sulfide) groups is 1. The van der Waals surface area contributed by atoms with E-state index in [2.05, 4.69) is 4.72 Å². The van der Waals surface area contributed by atoms with E-state index >= 15 is 0 Å². The molecule has 3 N–H and O–H groups in total. The van der Waals surface area contributed by atoms with Gasteiger partial charge in [0, 0.05) is 16.5 Å². The van der Waals surface area contributed by atoms with Gasteiger partial charge in [0.15, 0.2) is 11.5 Å². The highest BCUT2D eigenvalue weighted by Crippen LogP contribution is 2.42. The molecule has 2 aromatic rings. The zero-order valence-electron chi connectivity index (χ0n) is 11.9. The van der Waals surface area contributed by atoms with E-state index in [1.54, 1.807) is 17.7 Å². The minimum absolute atomic E-state index is 0.117. The van der Waals surface area contributed by atoms with Gasteiger partial charge in [0.2, 0.25) is 0 Å². The molecule has 0 amide bonds. The van der Waals surface area contributed by atoms with Crippen LogP contribution < -0.4 is 4.72 Å². The Hall–Kier alpha value is -1.97. The van der Waals surface area contributed by atoms with E-state index in [9.17, 15) is 23.4 Å². The summed E-state index contributed by atoms with van der Waals surface area (Å²) in [6.45, 7) is 0. The number of phenolic OH excluding ortho intramolecular Hbond substituents is 2. The Kier molecular flexibility index (Phi) is 5.34. The monoisotopic (exact) mass is 371 g/mol. The highest BCUT2D eigenvalue weighted by Gasteiger charge is 2.21. The molecule has 0 aliphatic heterocycles. The molecular weight excluding hydrogens is 358 g/mol. The van der Waals surface area contributed by atoms with Gasteiger partial charge in [-0.25, -0.2) is 8.42 Å². The number of aldehydes is 1. The molecule has 0 aliphatic rings. The molecule has 6 nitrogen and oxygen atoms in total. The second kappa shape index (κ2) is 7.07. The molecule has 9 heteroatoms. The van der Waals surface area contributed by atoms with E-state index in [1.165, 1.54) is 23.9 Å². The van der Waals surface area contributed by atoms with Gasteiger partial charge in [0.1, 0.15) is 10.5 Å². The summed E-state index contributed by atoms with van der Waals surface area (Å²) in [5, 5.41) is 21.4. The first-order valence-corrected chi connectivity index (χ1v) is 9.80. The van der Waals surface area contributed by atoms with Crippen LogP contribution in [0, 0.1) is 0 Å². The van der Waals surface area contributed by atoms with Crippen molar-refractivity contribution in [2.24, 2.45) is 0 Å². The van der Waals surface area contributed by atoms with Crippen LogP contribution in [0.2, 0.25) is 0 Å². The van der Waals surface area contributed by atoms with Crippen LogP contribution in [0.4, 0.5) is 5.69 Å². The average Bonchev–Trinajstić information content (AvgIpc) is 3.04. The van der Waals surface area contributed by atoms with Crippen LogP contribution in [0.3, 0.4) is 0 Å². The average molecular weight is 371 g/mol. The zero-order chi connectivity index (χ0) is 17.0. The van der Waals surface area contributed by atoms with E-state index in [0.29, 0.717) is 11.2 Å². The number of rotatable bonds is 6. The molecule has 0 unspecified atom stereocenters. The first-order valence-electron chi connectivity index (χ1n) is 6.21. The van der Waals surface area contributed by atoms with Gasteiger partial charge in [-0.05, 0) is 29.9 Å². The molecule has 0 fully saturated rings. The van der Waals surface area contributed by atoms with Crippen molar-refractivity contribution >= 4 is 51.2 Å². The largest absolute Gasteiger partial charge is 0.504 e. The van der Waals surface area contributed by atoms with Crippen molar-refractivity contribution in [2.45, 2.75) is 9.10 Å². The van der Waals surface area contributed by atoms with Crippen molar-refractivity contribution in [1.29, 1.82) is 0 Å². The summed E-state index contributed by atoms with van der Waals surface area (Å²) in [4.78, 5) is 10.9. The Bertz CT molecular complexity index is 842. The quantitative estimate of drug-likeness (QED) is 0.237. The molecule has 0 bridgehead atoms. The molecule has 0 saturated carbocycles. The summed E-state index contributed by atoms with van der Waals surface area (Å²) in [6, 6.07) is 4.20. The van der Waals surface area contributed by atoms with E-state index < -0.39 is 21.5 Å². The summed E-state index contributed by atoms with van der Waals surface area (Å²) >= 11 is 2.23. The number of carbonyl (C=O) groups excluding carboxylic acids is 1. The van der Waals surface area contributed by atoms with Crippen LogP contribution >= 0.6 is 23.1 Å². The molecule has 2 rings (SSSR count). The fraction of sp³-hybridized carbons (Fsp3) is 0.0714. The number of hydrogen-bond acceptors (Lipinski definition) is 7. The number of anilines is 1. The Morgan fingerprint density at radius 1 is 1.35 bits per heavy atom. The van der Waals surface area contributed by atoms with Crippen molar-refractivity contribution in [3.63, 3.8) is 0 Å². The van der Waals surface area contributed by atoms with Crippen LogP contribution in [0.15, 0.2) is 38.8 Å². The lowest BCUT2D eigenvalue weighted by atomic mass is 10.1. The van der Waals surface area contributed by atoms with Gasteiger partial charge in [-0.3, -0.25) is 9.52 Å². The van der Waals surface area contributed by atoms with Gasteiger partial charge >= 0.3 is 0 Å². The number of aromatic hydroxyl groups is 2. The number of carbonyl (C=O) groups is 1. The number of hydrogen-bond donors (Lipinski definition) is 3. The van der Waals surface area contributed by atoms with Gasteiger partial charge in [-0.1, -0.05) is 6.07 Å². The van der Waals surface area contributed by atoms with Gasteiger partial charge in [-0.2, -0.15) is 0 Å². The van der Waals surface area contributed by atoms with Crippen molar-refractivity contribution in [3.05, 3.63) is 35.2 Å². The topological polar surface area (TPSA) is 104 Å². The maximum atomic E-state index is 12.3. The number of benzene rings is 1. The molecule has 0 atom stereocenters. The van der Waals surface area contributed by atoms with Crippen LogP contribution in [0.1, 0.15) is 5.56 Å². The standard InChI is InChI=1S/C14H13NO5S3/c1-21-14-9(4-2-6-16)13(18)11(17)8-10(14)15-23(19,20)12-5-3-7-22-12/h2-8,15,17-18H,1H3/b4-2+. The third kappa shape index (κ3) is 3.69. The molecule has 1 aromatic carbocycles. The van der Waals surface area contributed by atoms with E-state index in [4.69, 9.17) is 0 Å². The molecule has 0 saturated heterocycles. The number of thiophene rings is 1. The predicted octanol–water partition coefficient (Wildman–Crippen LogP) is 2.89. The first-order chi connectivity index (χ1) is 10.9. The van der Waals surface area contributed by atoms with Gasteiger partial charge in [0.05, 0.1) is 5.69 Å². The summed E-state index contributed by atoms with van der Waals surface area (Å²) < 4.78 is 27.2. The summed E-state index contributed by atoms with van der Waals surface area (Å²) in [6.07, 6.45) is 4.65. The summed E-state index contributed by atoms with van der Waals surface area (Å²) in [5.41, 5.74) is 0.278. The second-order valence-corrected chi connectivity index (χ2v) is 7.95. The van der Waals surface area contributed by atoms with Gasteiger partial charge in [0.25, 0.3) is 10.0 Å². The van der Waals surface area contributed by atoms with Crippen LogP contribution in [0.25, 0.3) is 6.08 Å². The number of allylic oxidation sites excluding steroid dienone is 1. The SMILES string of the molecule is CSc1c(NS(=O)(=O)c2cccs2)cc(O)c(O)c1/C=C/C=O. The van der Waals surface area contributed by atoms with Crippen molar-refractivity contribution in [1.82, 2.24) is 0 Å². The first kappa shape index (κ1) is 17.4. The Balaban J connectivity index is 2.57. The zero-order valence-corrected chi connectivity index (χ0v) is 14.3. The number of sulfonamides is 1. The van der Waals surface area contributed by atoms with Crippen LogP contribution in [-0.4, -0.2) is 31.2 Å². The number of phenols is 2. The summed E-state index contributed by atoms with van der Waals surface area (Å²) in [5.74, 6) is -0.913. The molecule has 0 spiro atoms. The van der Waals surface area contributed by atoms with Crippen LogP contribution in [0.5, 0.6) is 11.5 Å². The predicted molar refractivity (Wildman–Crippen MR) is 91.8 cm³/mol. The smallest absolute Gasteiger partial charge is 0.271 e. The highest BCUT2D eigenvalue weighted by molar-refractivity contribution is 7.99. The lowest BCUT2D eigenvalue weighted by Gasteiger charge is -2.15. The van der Waals surface area contributed by atoms with E-state index in [0.717, 1.165) is 23.5 Å². The lowest BCUT2D eigenvalue weighted by Crippen LogP contribution is -2.12. The highest BCUT2D eigenvalue weighted by atomic mass is 32.2. The fourth-order valence-corrected chi connectivity index (χ4v) is 4.69. The third-order valence-corrected chi connectivity index (χ3v) is 6.43. The minimum Gasteiger partial charge on any atom is -0.504 e. The normalized spacial score (nSPS) is 11.7. The summed E-state index contributed by atoms with van der Waals surface area (Å²) in [7, 11) is -3.80. The second-order valence-electron chi connectivity index (χ2n) is 4.27. The lowest BCUT2D eigenvalue weighted by molar-refractivity contribution is -0.104. The molecular formula is C14H13NO5S3. The molecule has 122 valence electrons. The molecule has 1 aromatic heterocycles.